The molecule has 1 heterocycles. The molecule has 6 heteroatoms. The van der Waals surface area contributed by atoms with E-state index < -0.39 is 6.04 Å². The number of aryl methyl sites for hydroxylation is 2. The average molecular weight is 293 g/mol. The molecule has 1 saturated carbocycles. The molecule has 1 atom stereocenters. The maximum absolute atomic E-state index is 12.4. The predicted molar refractivity (Wildman–Crippen MR) is 77.4 cm³/mol. The maximum atomic E-state index is 12.4. The van der Waals surface area contributed by atoms with Crippen molar-refractivity contribution in [1.29, 1.82) is 0 Å². The van der Waals surface area contributed by atoms with E-state index in [9.17, 15) is 9.59 Å². The largest absolute Gasteiger partial charge is 0.361 e. The van der Waals surface area contributed by atoms with E-state index in [0.717, 1.165) is 36.9 Å². The van der Waals surface area contributed by atoms with Crippen molar-refractivity contribution in [2.75, 3.05) is 0 Å². The summed E-state index contributed by atoms with van der Waals surface area (Å²) in [6.45, 7) is 5.50. The first-order valence-corrected chi connectivity index (χ1v) is 7.45. The first kappa shape index (κ1) is 15.5. The lowest BCUT2D eigenvalue weighted by Gasteiger charge is -2.23. The van der Waals surface area contributed by atoms with Crippen molar-refractivity contribution in [2.45, 2.75) is 59.0 Å². The topological polar surface area (TPSA) is 84.2 Å². The highest BCUT2D eigenvalue weighted by Crippen LogP contribution is 2.28. The number of carbonyl (C=O) groups is 2. The number of hydrogen-bond donors (Lipinski definition) is 2. The number of rotatable bonds is 5. The Morgan fingerprint density at radius 2 is 2.00 bits per heavy atom. The van der Waals surface area contributed by atoms with Crippen molar-refractivity contribution >= 4 is 11.8 Å². The lowest BCUT2D eigenvalue weighted by Crippen LogP contribution is -2.49. The van der Waals surface area contributed by atoms with Crippen LogP contribution in [0, 0.1) is 19.8 Å². The third-order valence-electron chi connectivity index (χ3n) is 4.13. The fraction of sp³-hybridized carbons (Fsp3) is 0.667. The highest BCUT2D eigenvalue weighted by atomic mass is 16.5. The predicted octanol–water partition coefficient (Wildman–Crippen LogP) is 1.60. The van der Waals surface area contributed by atoms with Crippen molar-refractivity contribution in [2.24, 2.45) is 5.92 Å². The van der Waals surface area contributed by atoms with Gasteiger partial charge in [0.05, 0.1) is 5.69 Å². The summed E-state index contributed by atoms with van der Waals surface area (Å²) in [5, 5.41) is 9.56. The van der Waals surface area contributed by atoms with Crippen molar-refractivity contribution in [3.8, 4) is 0 Å². The van der Waals surface area contributed by atoms with Gasteiger partial charge in [-0.05, 0) is 32.6 Å². The van der Waals surface area contributed by atoms with Crippen molar-refractivity contribution < 1.29 is 14.1 Å². The zero-order valence-corrected chi connectivity index (χ0v) is 12.9. The molecule has 116 valence electrons. The standard InChI is InChI=1S/C15H23N3O3/c1-9-13(10(2)21-18-9)8-16-15(20)14(17-11(3)19)12-6-4-5-7-12/h12,14H,4-8H2,1-3H3,(H,16,20)(H,17,19)/t14-/m0/s1. The zero-order chi connectivity index (χ0) is 15.4. The van der Waals surface area contributed by atoms with Gasteiger partial charge in [-0.15, -0.1) is 0 Å². The molecule has 0 saturated heterocycles. The molecule has 1 aliphatic rings. The summed E-state index contributed by atoms with van der Waals surface area (Å²) < 4.78 is 5.08. The molecule has 0 radical (unpaired) electrons. The van der Waals surface area contributed by atoms with E-state index in [0.29, 0.717) is 12.3 Å². The minimum absolute atomic E-state index is 0.128. The number of nitrogens with zero attached hydrogens (tertiary/aromatic N) is 1. The van der Waals surface area contributed by atoms with Gasteiger partial charge in [0.2, 0.25) is 11.8 Å². The third kappa shape index (κ3) is 3.83. The van der Waals surface area contributed by atoms with Crippen molar-refractivity contribution in [3.05, 3.63) is 17.0 Å². The highest BCUT2D eigenvalue weighted by molar-refractivity contribution is 5.87. The summed E-state index contributed by atoms with van der Waals surface area (Å²) in [7, 11) is 0. The molecule has 1 aliphatic carbocycles. The molecule has 0 unspecified atom stereocenters. The Bertz CT molecular complexity index is 499. The molecule has 2 N–H and O–H groups in total. The van der Waals surface area contributed by atoms with Crippen LogP contribution in [0.1, 0.15) is 49.6 Å². The second-order valence-corrected chi connectivity index (χ2v) is 5.74. The second-order valence-electron chi connectivity index (χ2n) is 5.74. The fourth-order valence-corrected chi connectivity index (χ4v) is 2.95. The molecule has 0 bridgehead atoms. The first-order valence-electron chi connectivity index (χ1n) is 7.45. The molecule has 1 aromatic heterocycles. The highest BCUT2D eigenvalue weighted by Gasteiger charge is 2.31. The summed E-state index contributed by atoms with van der Waals surface area (Å²) in [5.74, 6) is 0.653. The monoisotopic (exact) mass is 293 g/mol. The lowest BCUT2D eigenvalue weighted by molar-refractivity contribution is -0.129. The van der Waals surface area contributed by atoms with Crippen LogP contribution in [0.2, 0.25) is 0 Å². The number of carbonyl (C=O) groups excluding carboxylic acids is 2. The van der Waals surface area contributed by atoms with Gasteiger partial charge in [-0.1, -0.05) is 18.0 Å². The first-order chi connectivity index (χ1) is 9.99. The SMILES string of the molecule is CC(=O)N[C@H](C(=O)NCc1c(C)noc1C)C1CCCC1. The normalized spacial score (nSPS) is 16.7. The summed E-state index contributed by atoms with van der Waals surface area (Å²) in [5.41, 5.74) is 1.68. The van der Waals surface area contributed by atoms with Crippen LogP contribution in [0.4, 0.5) is 0 Å². The Morgan fingerprint density at radius 3 is 2.52 bits per heavy atom. The molecule has 0 aliphatic heterocycles. The van der Waals surface area contributed by atoms with Gasteiger partial charge in [-0.2, -0.15) is 0 Å². The minimum atomic E-state index is -0.439. The molecule has 0 spiro atoms. The van der Waals surface area contributed by atoms with Crippen molar-refractivity contribution in [1.82, 2.24) is 15.8 Å². The van der Waals surface area contributed by atoms with Crippen LogP contribution in [-0.2, 0) is 16.1 Å². The third-order valence-corrected chi connectivity index (χ3v) is 4.13. The van der Waals surface area contributed by atoms with Crippen LogP contribution in [0.25, 0.3) is 0 Å². The Hall–Kier alpha value is -1.85. The number of nitrogens with one attached hydrogen (secondary N) is 2. The summed E-state index contributed by atoms with van der Waals surface area (Å²) in [6, 6.07) is -0.439. The smallest absolute Gasteiger partial charge is 0.243 e. The molecule has 2 amide bonds. The van der Waals surface area contributed by atoms with Crippen LogP contribution >= 0.6 is 0 Å². The van der Waals surface area contributed by atoms with Gasteiger partial charge in [-0.25, -0.2) is 0 Å². The van der Waals surface area contributed by atoms with E-state index in [-0.39, 0.29) is 17.7 Å². The van der Waals surface area contributed by atoms with Gasteiger partial charge in [0.1, 0.15) is 11.8 Å². The number of amides is 2. The average Bonchev–Trinajstić information content (AvgIpc) is 3.05. The molecule has 0 aromatic carbocycles. The van der Waals surface area contributed by atoms with Gasteiger partial charge in [0.15, 0.2) is 0 Å². The molecule has 2 rings (SSSR count). The molecule has 1 aromatic rings. The Kier molecular flexibility index (Phi) is 4.98. The van der Waals surface area contributed by atoms with Crippen LogP contribution in [0.3, 0.4) is 0 Å². The van der Waals surface area contributed by atoms with Gasteiger partial charge in [0.25, 0.3) is 0 Å². The number of hydrogen-bond acceptors (Lipinski definition) is 4. The van der Waals surface area contributed by atoms with Crippen LogP contribution < -0.4 is 10.6 Å². The van der Waals surface area contributed by atoms with E-state index in [2.05, 4.69) is 15.8 Å². The Labute approximate surface area is 124 Å². The van der Waals surface area contributed by atoms with Gasteiger partial charge in [-0.3, -0.25) is 9.59 Å². The summed E-state index contributed by atoms with van der Waals surface area (Å²) in [4.78, 5) is 23.7. The fourth-order valence-electron chi connectivity index (χ4n) is 2.95. The zero-order valence-electron chi connectivity index (χ0n) is 12.9. The minimum Gasteiger partial charge on any atom is -0.361 e. The van der Waals surface area contributed by atoms with E-state index in [1.165, 1.54) is 6.92 Å². The van der Waals surface area contributed by atoms with Gasteiger partial charge < -0.3 is 15.2 Å². The van der Waals surface area contributed by atoms with Crippen molar-refractivity contribution in [3.63, 3.8) is 0 Å². The molecule has 21 heavy (non-hydrogen) atoms. The van der Waals surface area contributed by atoms with E-state index in [1.54, 1.807) is 0 Å². The summed E-state index contributed by atoms with van der Waals surface area (Å²) in [6.07, 6.45) is 4.23. The molecular weight excluding hydrogens is 270 g/mol. The van der Waals surface area contributed by atoms with Crippen LogP contribution in [-0.4, -0.2) is 23.0 Å². The van der Waals surface area contributed by atoms with E-state index in [4.69, 9.17) is 4.52 Å². The second kappa shape index (κ2) is 6.74. The molecule has 1 fully saturated rings. The Morgan fingerprint density at radius 1 is 1.33 bits per heavy atom. The molecule has 6 nitrogen and oxygen atoms in total. The van der Waals surface area contributed by atoms with Gasteiger partial charge >= 0.3 is 0 Å². The Balaban J connectivity index is 1.99. The van der Waals surface area contributed by atoms with Crippen LogP contribution in [0.5, 0.6) is 0 Å². The van der Waals surface area contributed by atoms with Gasteiger partial charge in [0, 0.05) is 19.0 Å². The lowest BCUT2D eigenvalue weighted by atomic mass is 9.97. The van der Waals surface area contributed by atoms with E-state index in [1.807, 2.05) is 13.8 Å². The number of aromatic nitrogens is 1. The maximum Gasteiger partial charge on any atom is 0.243 e. The van der Waals surface area contributed by atoms with E-state index >= 15 is 0 Å². The van der Waals surface area contributed by atoms with Crippen LogP contribution in [0.15, 0.2) is 4.52 Å². The molecular formula is C15H23N3O3. The summed E-state index contributed by atoms with van der Waals surface area (Å²) >= 11 is 0. The quantitative estimate of drug-likeness (QED) is 0.863.